The van der Waals surface area contributed by atoms with Gasteiger partial charge in [-0.05, 0) is 166 Å². The van der Waals surface area contributed by atoms with Gasteiger partial charge in [-0.2, -0.15) is 0 Å². The van der Waals surface area contributed by atoms with E-state index >= 15 is 0 Å². The van der Waals surface area contributed by atoms with Crippen LogP contribution in [0.4, 0.5) is 0 Å². The molecular weight excluding hydrogens is 709 g/mol. The fourth-order valence-corrected chi connectivity index (χ4v) is 9.65. The lowest BCUT2D eigenvalue weighted by atomic mass is 9.78. The van der Waals surface area contributed by atoms with Crippen LogP contribution in [0.25, 0.3) is 39.6 Å². The minimum Gasteiger partial charge on any atom is -0.124 e. The van der Waals surface area contributed by atoms with Crippen LogP contribution in [-0.4, -0.2) is 0 Å². The summed E-state index contributed by atoms with van der Waals surface area (Å²) in [5, 5.41) is 2.65. The second-order valence-corrected chi connectivity index (χ2v) is 16.7. The molecule has 0 spiro atoms. The molecule has 8 rings (SSSR count). The Morgan fingerprint density at radius 1 is 0.780 bits per heavy atom. The van der Waals surface area contributed by atoms with Gasteiger partial charge in [-0.25, -0.2) is 0 Å². The van der Waals surface area contributed by atoms with Gasteiger partial charge in [0.2, 0.25) is 0 Å². The standard InChI is InChI=1S/C56H56.C2H2.CH4/c1-8-16-42-21-15-22-43-27-28-51(46(29-37(3)30-52(42)43)31-40(6)47-23-11-9-19-38(47)4)56-35-45-34-55-50-26-14-18-36(2)17-13-25-49(41(50)7)54(55)33-44(45)32-53(56)48-24-12-10-20-39(48)5;1-2;/h8-25,27-29,31-36,39,41,48,50H,26,30H2,1-7H3;1-2H;1H4/b16-8-,17-13-,18-14-,28-27+,37-29+,40-31+,49-25+,51-46-;;. The van der Waals surface area contributed by atoms with Crippen molar-refractivity contribution in [2.24, 2.45) is 17.8 Å². The van der Waals surface area contributed by atoms with E-state index in [1.165, 1.54) is 88.7 Å². The van der Waals surface area contributed by atoms with E-state index in [1.54, 1.807) is 0 Å². The monoisotopic (exact) mass is 770 g/mol. The minimum absolute atomic E-state index is 0. The fourth-order valence-electron chi connectivity index (χ4n) is 9.65. The van der Waals surface area contributed by atoms with Gasteiger partial charge in [0.1, 0.15) is 0 Å². The summed E-state index contributed by atoms with van der Waals surface area (Å²) in [5.41, 5.74) is 18.8. The maximum Gasteiger partial charge on any atom is 0.00877 e. The zero-order valence-electron chi connectivity index (χ0n) is 35.5. The number of hydrogen-bond donors (Lipinski definition) is 0. The summed E-state index contributed by atoms with van der Waals surface area (Å²) in [6.07, 6.45) is 45.2. The van der Waals surface area contributed by atoms with E-state index in [1.807, 2.05) is 0 Å². The quantitative estimate of drug-likeness (QED) is 0.140. The zero-order valence-corrected chi connectivity index (χ0v) is 35.5. The first-order chi connectivity index (χ1) is 28.2. The van der Waals surface area contributed by atoms with Crippen molar-refractivity contribution in [3.8, 4) is 12.8 Å². The molecule has 5 unspecified atom stereocenters. The van der Waals surface area contributed by atoms with Crippen LogP contribution < -0.4 is 0 Å². The third kappa shape index (κ3) is 8.77. The van der Waals surface area contributed by atoms with Crippen molar-refractivity contribution in [2.45, 2.75) is 80.6 Å². The first kappa shape index (κ1) is 42.7. The number of hydrogen-bond acceptors (Lipinski definition) is 0. The summed E-state index contributed by atoms with van der Waals surface area (Å²) in [6, 6.07) is 25.7. The highest BCUT2D eigenvalue weighted by molar-refractivity contribution is 5.97. The lowest BCUT2D eigenvalue weighted by Crippen LogP contribution is -2.10. The van der Waals surface area contributed by atoms with Crippen LogP contribution in [0.2, 0.25) is 0 Å². The Morgan fingerprint density at radius 2 is 1.53 bits per heavy atom. The first-order valence-electron chi connectivity index (χ1n) is 21.1. The third-order valence-corrected chi connectivity index (χ3v) is 12.7. The average Bonchev–Trinajstić information content (AvgIpc) is 3.48. The van der Waals surface area contributed by atoms with Crippen molar-refractivity contribution < 1.29 is 0 Å². The van der Waals surface area contributed by atoms with Crippen molar-refractivity contribution >= 4 is 39.6 Å². The first-order valence-corrected chi connectivity index (χ1v) is 21.1. The second kappa shape index (κ2) is 18.8. The van der Waals surface area contributed by atoms with E-state index in [9.17, 15) is 0 Å². The molecule has 4 aliphatic rings. The van der Waals surface area contributed by atoms with Crippen molar-refractivity contribution in [1.29, 1.82) is 0 Å². The molecule has 0 saturated heterocycles. The van der Waals surface area contributed by atoms with Crippen molar-refractivity contribution in [2.75, 3.05) is 0 Å². The second-order valence-electron chi connectivity index (χ2n) is 16.7. The van der Waals surface area contributed by atoms with Gasteiger partial charge in [0, 0.05) is 5.92 Å². The highest BCUT2D eigenvalue weighted by Gasteiger charge is 2.33. The lowest BCUT2D eigenvalue weighted by Gasteiger charge is -2.26. The molecular formula is C59H62. The molecule has 0 amide bonds. The van der Waals surface area contributed by atoms with Crippen molar-refractivity contribution in [3.05, 3.63) is 207 Å². The molecule has 59 heavy (non-hydrogen) atoms. The minimum atomic E-state index is 0. The van der Waals surface area contributed by atoms with Crippen LogP contribution in [0.5, 0.6) is 0 Å². The maximum absolute atomic E-state index is 4.00. The van der Waals surface area contributed by atoms with Crippen LogP contribution in [-0.2, 0) is 6.42 Å². The molecule has 2 bridgehead atoms. The Kier molecular flexibility index (Phi) is 13.6. The fraction of sp³-hybridized carbons (Fsp3) is 0.254. The molecule has 4 aromatic rings. The molecule has 298 valence electrons. The van der Waals surface area contributed by atoms with Gasteiger partial charge in [-0.15, -0.1) is 12.8 Å². The zero-order chi connectivity index (χ0) is 40.9. The molecule has 0 saturated carbocycles. The van der Waals surface area contributed by atoms with E-state index in [0.717, 1.165) is 12.8 Å². The van der Waals surface area contributed by atoms with Gasteiger partial charge in [0.05, 0.1) is 0 Å². The highest BCUT2D eigenvalue weighted by Crippen LogP contribution is 2.50. The average molecular weight is 771 g/mol. The normalized spacial score (nSPS) is 26.9. The maximum atomic E-state index is 4.00. The van der Waals surface area contributed by atoms with Crippen LogP contribution >= 0.6 is 0 Å². The number of fused-ring (bicyclic) bond motifs is 7. The van der Waals surface area contributed by atoms with Crippen molar-refractivity contribution in [3.63, 3.8) is 0 Å². The van der Waals surface area contributed by atoms with Gasteiger partial charge in [-0.3, -0.25) is 0 Å². The number of rotatable bonds is 5. The van der Waals surface area contributed by atoms with E-state index in [-0.39, 0.29) is 13.3 Å². The summed E-state index contributed by atoms with van der Waals surface area (Å²) >= 11 is 0. The number of benzene rings is 4. The predicted octanol–water partition coefficient (Wildman–Crippen LogP) is 16.3. The SMILES string of the molecule is C.C#C.C/C=C\c1cccc2c1C/C(C)=C/C(/C=C(\C)c1ccccc1C)=C(c1cc3cc4c(cc3cc1C1C=CC=CC1C)/C1=C/C=C\C(C)/C=C\CC4C1C)\C=C\2. The summed E-state index contributed by atoms with van der Waals surface area (Å²) in [5.74, 6) is 2.02. The Morgan fingerprint density at radius 3 is 2.29 bits per heavy atom. The van der Waals surface area contributed by atoms with Crippen LogP contribution in [0, 0.1) is 37.5 Å². The number of terminal acetylenes is 1. The lowest BCUT2D eigenvalue weighted by molar-refractivity contribution is 0.590. The van der Waals surface area contributed by atoms with Crippen molar-refractivity contribution in [1.82, 2.24) is 0 Å². The molecule has 0 radical (unpaired) electrons. The predicted molar refractivity (Wildman–Crippen MR) is 262 cm³/mol. The Labute approximate surface area is 356 Å². The molecule has 0 N–H and O–H groups in total. The molecule has 0 heteroatoms. The van der Waals surface area contributed by atoms with Gasteiger partial charge in [0.15, 0.2) is 0 Å². The Bertz CT molecular complexity index is 2550. The number of aryl methyl sites for hydroxylation is 1. The van der Waals surface area contributed by atoms with Gasteiger partial charge in [-0.1, -0.05) is 173 Å². The summed E-state index contributed by atoms with van der Waals surface area (Å²) < 4.78 is 0. The molecule has 4 aliphatic carbocycles. The largest absolute Gasteiger partial charge is 0.124 e. The summed E-state index contributed by atoms with van der Waals surface area (Å²) in [6.45, 7) is 16.0. The van der Waals surface area contributed by atoms with E-state index in [0.29, 0.717) is 23.7 Å². The Balaban J connectivity index is 0.00000192. The van der Waals surface area contributed by atoms with Crippen LogP contribution in [0.15, 0.2) is 157 Å². The van der Waals surface area contributed by atoms with Gasteiger partial charge >= 0.3 is 0 Å². The third-order valence-electron chi connectivity index (χ3n) is 12.7. The molecule has 5 atom stereocenters. The van der Waals surface area contributed by atoms with Gasteiger partial charge < -0.3 is 0 Å². The molecule has 0 fully saturated rings. The van der Waals surface area contributed by atoms with Crippen LogP contribution in [0.3, 0.4) is 0 Å². The Hall–Kier alpha value is -5.90. The summed E-state index contributed by atoms with van der Waals surface area (Å²) in [7, 11) is 0. The van der Waals surface area contributed by atoms with E-state index in [2.05, 4.69) is 219 Å². The number of allylic oxidation sites excluding steroid dienone is 18. The molecule has 4 aromatic carbocycles. The molecule has 0 aliphatic heterocycles. The molecule has 0 aromatic heterocycles. The smallest absolute Gasteiger partial charge is 0.00877 e. The van der Waals surface area contributed by atoms with Crippen LogP contribution in [0.1, 0.15) is 117 Å². The van der Waals surface area contributed by atoms with E-state index < -0.39 is 0 Å². The molecule has 0 nitrogen and oxygen atoms in total. The topological polar surface area (TPSA) is 0 Å². The highest BCUT2D eigenvalue weighted by atomic mass is 14.4. The van der Waals surface area contributed by atoms with E-state index in [4.69, 9.17) is 0 Å². The summed E-state index contributed by atoms with van der Waals surface area (Å²) in [4.78, 5) is 0. The molecule has 0 heterocycles. The van der Waals surface area contributed by atoms with Gasteiger partial charge in [0.25, 0.3) is 0 Å².